The van der Waals surface area contributed by atoms with Crippen molar-refractivity contribution < 1.29 is 9.53 Å². The number of hydrogen-bond acceptors (Lipinski definition) is 4. The predicted octanol–water partition coefficient (Wildman–Crippen LogP) is 1.38. The molecule has 0 spiro atoms. The van der Waals surface area contributed by atoms with Crippen molar-refractivity contribution in [1.29, 1.82) is 0 Å². The summed E-state index contributed by atoms with van der Waals surface area (Å²) in [6.07, 6.45) is 0.950. The second-order valence-corrected chi connectivity index (χ2v) is 5.18. The van der Waals surface area contributed by atoms with Crippen molar-refractivity contribution in [1.82, 2.24) is 5.32 Å². The van der Waals surface area contributed by atoms with E-state index in [1.807, 2.05) is 43.1 Å². The predicted molar refractivity (Wildman–Crippen MR) is 82.2 cm³/mol. The largest absolute Gasteiger partial charge is 0.497 e. The molecule has 0 aromatic heterocycles. The molecular weight excluding hydrogens is 254 g/mol. The van der Waals surface area contributed by atoms with E-state index in [2.05, 4.69) is 12.2 Å². The number of primary amides is 1. The van der Waals surface area contributed by atoms with Crippen LogP contribution >= 0.6 is 0 Å². The van der Waals surface area contributed by atoms with Crippen LogP contribution in [0.5, 0.6) is 5.75 Å². The molecule has 3 N–H and O–H groups in total. The van der Waals surface area contributed by atoms with Crippen LogP contribution in [0.15, 0.2) is 24.3 Å². The highest BCUT2D eigenvalue weighted by atomic mass is 16.5. The number of carbonyl (C=O) groups is 1. The zero-order chi connectivity index (χ0) is 15.2. The lowest BCUT2D eigenvalue weighted by molar-refractivity contribution is -0.123. The summed E-state index contributed by atoms with van der Waals surface area (Å²) in [5.74, 6) is 0.442. The van der Waals surface area contributed by atoms with Gasteiger partial charge in [-0.1, -0.05) is 13.0 Å². The standard InChI is InChI=1S/C15H25N3O2/c1-5-9-17-15(2,14(16)19)11-18(3)12-7-6-8-13(10-12)20-4/h6-8,10,17H,5,9,11H2,1-4H3,(H2,16,19). The van der Waals surface area contributed by atoms with Gasteiger partial charge in [0.25, 0.3) is 0 Å². The third kappa shape index (κ3) is 4.13. The summed E-state index contributed by atoms with van der Waals surface area (Å²) in [5, 5.41) is 3.23. The molecular formula is C15H25N3O2. The molecule has 1 rings (SSSR count). The first-order valence-corrected chi connectivity index (χ1v) is 6.83. The Labute approximate surface area is 121 Å². The Bertz CT molecular complexity index is 450. The molecule has 5 heteroatoms. The maximum Gasteiger partial charge on any atom is 0.239 e. The van der Waals surface area contributed by atoms with E-state index in [-0.39, 0.29) is 5.91 Å². The summed E-state index contributed by atoms with van der Waals surface area (Å²) in [6, 6.07) is 7.72. The number of methoxy groups -OCH3 is 1. The first kappa shape index (κ1) is 16.3. The molecule has 20 heavy (non-hydrogen) atoms. The Morgan fingerprint density at radius 1 is 1.50 bits per heavy atom. The fraction of sp³-hybridized carbons (Fsp3) is 0.533. The van der Waals surface area contributed by atoms with E-state index in [0.29, 0.717) is 6.54 Å². The summed E-state index contributed by atoms with van der Waals surface area (Å²) in [7, 11) is 3.57. The molecule has 0 aliphatic carbocycles. The summed E-state index contributed by atoms with van der Waals surface area (Å²) in [6.45, 7) is 5.14. The highest BCUT2D eigenvalue weighted by molar-refractivity contribution is 5.85. The summed E-state index contributed by atoms with van der Waals surface area (Å²) in [5.41, 5.74) is 5.77. The van der Waals surface area contributed by atoms with Crippen molar-refractivity contribution in [2.75, 3.05) is 32.1 Å². The number of ether oxygens (including phenoxy) is 1. The molecule has 5 nitrogen and oxygen atoms in total. The lowest BCUT2D eigenvalue weighted by atomic mass is 10.0. The molecule has 0 radical (unpaired) electrons. The van der Waals surface area contributed by atoms with E-state index >= 15 is 0 Å². The average molecular weight is 279 g/mol. The first-order chi connectivity index (χ1) is 9.42. The van der Waals surface area contributed by atoms with Gasteiger partial charge in [-0.15, -0.1) is 0 Å². The smallest absolute Gasteiger partial charge is 0.239 e. The molecule has 1 amide bonds. The van der Waals surface area contributed by atoms with Gasteiger partial charge in [0.1, 0.15) is 11.3 Å². The van der Waals surface area contributed by atoms with Gasteiger partial charge in [0.15, 0.2) is 0 Å². The minimum absolute atomic E-state index is 0.347. The normalized spacial score (nSPS) is 13.6. The van der Waals surface area contributed by atoms with E-state index in [0.717, 1.165) is 24.4 Å². The van der Waals surface area contributed by atoms with Crippen LogP contribution in [0.4, 0.5) is 5.69 Å². The molecule has 0 aliphatic rings. The number of nitrogens with zero attached hydrogens (tertiary/aromatic N) is 1. The van der Waals surface area contributed by atoms with Gasteiger partial charge in [-0.2, -0.15) is 0 Å². The molecule has 1 aromatic carbocycles. The van der Waals surface area contributed by atoms with Gasteiger partial charge in [-0.25, -0.2) is 0 Å². The van der Waals surface area contributed by atoms with Gasteiger partial charge in [0.2, 0.25) is 5.91 Å². The molecule has 1 unspecified atom stereocenters. The Morgan fingerprint density at radius 3 is 2.75 bits per heavy atom. The Balaban J connectivity index is 2.84. The Morgan fingerprint density at radius 2 is 2.20 bits per heavy atom. The van der Waals surface area contributed by atoms with Crippen LogP contribution in [0.3, 0.4) is 0 Å². The Hall–Kier alpha value is -1.75. The maximum absolute atomic E-state index is 11.7. The number of hydrogen-bond donors (Lipinski definition) is 2. The Kier molecular flexibility index (Phi) is 5.82. The molecule has 0 fully saturated rings. The van der Waals surface area contributed by atoms with Gasteiger partial charge in [0, 0.05) is 25.3 Å². The second kappa shape index (κ2) is 7.14. The number of benzene rings is 1. The van der Waals surface area contributed by atoms with Crippen molar-refractivity contribution in [2.24, 2.45) is 5.73 Å². The quantitative estimate of drug-likeness (QED) is 0.754. The molecule has 0 bridgehead atoms. The highest BCUT2D eigenvalue weighted by Gasteiger charge is 2.31. The average Bonchev–Trinajstić information content (AvgIpc) is 2.45. The minimum Gasteiger partial charge on any atom is -0.497 e. The minimum atomic E-state index is -0.756. The third-order valence-electron chi connectivity index (χ3n) is 3.36. The number of carbonyl (C=O) groups excluding carboxylic acids is 1. The molecule has 0 heterocycles. The van der Waals surface area contributed by atoms with E-state index in [4.69, 9.17) is 10.5 Å². The van der Waals surface area contributed by atoms with Crippen LogP contribution in [-0.2, 0) is 4.79 Å². The SMILES string of the molecule is CCCNC(C)(CN(C)c1cccc(OC)c1)C(N)=O. The van der Waals surface area contributed by atoms with Crippen molar-refractivity contribution >= 4 is 11.6 Å². The zero-order valence-corrected chi connectivity index (χ0v) is 12.8. The monoisotopic (exact) mass is 279 g/mol. The number of anilines is 1. The van der Waals surface area contributed by atoms with Crippen molar-refractivity contribution in [3.8, 4) is 5.75 Å². The van der Waals surface area contributed by atoms with Crippen molar-refractivity contribution in [3.05, 3.63) is 24.3 Å². The van der Waals surface area contributed by atoms with E-state index in [9.17, 15) is 4.79 Å². The van der Waals surface area contributed by atoms with Crippen molar-refractivity contribution in [3.63, 3.8) is 0 Å². The zero-order valence-electron chi connectivity index (χ0n) is 12.8. The van der Waals surface area contributed by atoms with Gasteiger partial charge >= 0.3 is 0 Å². The topological polar surface area (TPSA) is 67.6 Å². The van der Waals surface area contributed by atoms with E-state index < -0.39 is 5.54 Å². The first-order valence-electron chi connectivity index (χ1n) is 6.83. The highest BCUT2D eigenvalue weighted by Crippen LogP contribution is 2.21. The molecule has 112 valence electrons. The van der Waals surface area contributed by atoms with E-state index in [1.54, 1.807) is 7.11 Å². The summed E-state index contributed by atoms with van der Waals surface area (Å²) < 4.78 is 5.21. The van der Waals surface area contributed by atoms with Crippen LogP contribution in [0.1, 0.15) is 20.3 Å². The van der Waals surface area contributed by atoms with E-state index in [1.165, 1.54) is 0 Å². The van der Waals surface area contributed by atoms with Crippen LogP contribution in [0.2, 0.25) is 0 Å². The lowest BCUT2D eigenvalue weighted by Gasteiger charge is -2.33. The second-order valence-electron chi connectivity index (χ2n) is 5.18. The maximum atomic E-state index is 11.7. The van der Waals surface area contributed by atoms with Crippen LogP contribution in [-0.4, -0.2) is 38.7 Å². The number of nitrogens with one attached hydrogen (secondary N) is 1. The van der Waals surface area contributed by atoms with Crippen molar-refractivity contribution in [2.45, 2.75) is 25.8 Å². The number of rotatable bonds is 8. The van der Waals surface area contributed by atoms with Crippen LogP contribution in [0, 0.1) is 0 Å². The number of amides is 1. The van der Waals surface area contributed by atoms with Gasteiger partial charge < -0.3 is 20.7 Å². The third-order valence-corrected chi connectivity index (χ3v) is 3.36. The van der Waals surface area contributed by atoms with Crippen LogP contribution in [0.25, 0.3) is 0 Å². The van der Waals surface area contributed by atoms with Gasteiger partial charge in [-0.05, 0) is 32.0 Å². The number of likely N-dealkylation sites (N-methyl/N-ethyl adjacent to an activating group) is 1. The molecule has 0 saturated heterocycles. The van der Waals surface area contributed by atoms with Gasteiger partial charge in [0.05, 0.1) is 7.11 Å². The number of nitrogens with two attached hydrogens (primary N) is 1. The van der Waals surface area contributed by atoms with Crippen LogP contribution < -0.4 is 20.7 Å². The lowest BCUT2D eigenvalue weighted by Crippen LogP contribution is -2.59. The molecule has 0 saturated carbocycles. The summed E-state index contributed by atoms with van der Waals surface area (Å²) >= 11 is 0. The summed E-state index contributed by atoms with van der Waals surface area (Å²) in [4.78, 5) is 13.7. The fourth-order valence-electron chi connectivity index (χ4n) is 2.04. The molecule has 1 atom stereocenters. The molecule has 0 aliphatic heterocycles. The fourth-order valence-corrected chi connectivity index (χ4v) is 2.04. The van der Waals surface area contributed by atoms with Gasteiger partial charge in [-0.3, -0.25) is 4.79 Å². The molecule has 1 aromatic rings.